The van der Waals surface area contributed by atoms with Gasteiger partial charge < -0.3 is 45.2 Å². The minimum atomic E-state index is -5.27. The summed E-state index contributed by atoms with van der Waals surface area (Å²) >= 11 is 0. The summed E-state index contributed by atoms with van der Waals surface area (Å²) in [7, 11) is 5.20. The van der Waals surface area contributed by atoms with Crippen molar-refractivity contribution in [3.8, 4) is 23.0 Å². The predicted octanol–water partition coefficient (Wildman–Crippen LogP) is 6.90. The first-order valence-corrected chi connectivity index (χ1v) is 25.3. The van der Waals surface area contributed by atoms with E-state index >= 15 is 8.78 Å². The molecule has 19 nitrogen and oxygen atoms in total. The standard InChI is InChI=1S/C53H61F10N11O8/c1-50(2,52(58,59)60)42(68-48(79)81-8)44(76)67-39(19-30-12-9-29(10-13-30)11-14-31-15-18-41(65-22-31)71-25-34-16-17-35(26-71)74(34)49(80)70(6)7)40(75)28-72(69-45(77)43(82-47(78)64-5)51(3,4)53(61,62)63)27-36-37(54)20-32(21-38(36)55)33-23-66-73(24-33)46(56)57/h9-10,12-13,15,18,20-24,34-35,39-40,42-43,46,75H,16-17,19,25-28H2,1-8H3,(H,64,78)(H,67,76)(H,68,79)(H,69,77)/t34-,35-,39-,40-,42+,43+/m0/s1. The van der Waals surface area contributed by atoms with E-state index in [0.29, 0.717) is 74.9 Å². The molecule has 5 N–H and O–H groups in total. The molecule has 2 aliphatic rings. The van der Waals surface area contributed by atoms with Crippen LogP contribution in [0.4, 0.5) is 64.1 Å². The maximum absolute atomic E-state index is 16.1. The highest BCUT2D eigenvalue weighted by atomic mass is 19.4. The lowest BCUT2D eigenvalue weighted by atomic mass is 9.82. The fourth-order valence-corrected chi connectivity index (χ4v) is 9.13. The molecule has 446 valence electrons. The largest absolute Gasteiger partial charge is 0.453 e. The van der Waals surface area contributed by atoms with Crippen LogP contribution in [0.25, 0.3) is 11.1 Å². The van der Waals surface area contributed by atoms with Crippen LogP contribution in [0.3, 0.4) is 0 Å². The first kappa shape index (κ1) is 63.3. The van der Waals surface area contributed by atoms with Crippen molar-refractivity contribution in [3.63, 3.8) is 0 Å². The van der Waals surface area contributed by atoms with E-state index in [1.165, 1.54) is 24.3 Å². The van der Waals surface area contributed by atoms with Crippen LogP contribution in [0.15, 0.2) is 67.1 Å². The zero-order valence-electron chi connectivity index (χ0n) is 45.6. The van der Waals surface area contributed by atoms with Gasteiger partial charge in [-0.1, -0.05) is 24.0 Å². The highest BCUT2D eigenvalue weighted by Crippen LogP contribution is 2.43. The van der Waals surface area contributed by atoms with Crippen LogP contribution in [-0.2, 0) is 32.0 Å². The molecule has 0 saturated carbocycles. The SMILES string of the molecule is CNC(=O)O[C@H](C(=O)NN(Cc1c(F)cc(-c2cnn(C(F)F)c2)cc1F)C[C@H](O)[C@H](Cc1ccc(C#Cc2ccc(N3C[C@@H]4CC[C@@H](C3)N4C(=O)N(C)C)nc2)cc1)NC(=O)[C@@H](NC(=O)OC)C(C)(C)C(F)(F)F)C(C)(C)C(F)(F)F. The number of amides is 6. The van der Waals surface area contributed by atoms with Gasteiger partial charge in [0.1, 0.15) is 28.9 Å². The molecular formula is C53H61F10N11O8. The third-order valence-electron chi connectivity index (χ3n) is 14.2. The van der Waals surface area contributed by atoms with E-state index in [1.54, 1.807) is 31.3 Å². The molecule has 6 amide bonds. The van der Waals surface area contributed by atoms with Gasteiger partial charge in [-0.25, -0.2) is 37.8 Å². The van der Waals surface area contributed by atoms with E-state index in [-0.39, 0.29) is 39.5 Å². The molecule has 2 fully saturated rings. The molecule has 29 heteroatoms. The van der Waals surface area contributed by atoms with Crippen LogP contribution in [0, 0.1) is 34.3 Å². The minimum absolute atomic E-state index is 0.0348. The quantitative estimate of drug-likeness (QED) is 0.0391. The van der Waals surface area contributed by atoms with Gasteiger partial charge in [0.15, 0.2) is 6.10 Å². The van der Waals surface area contributed by atoms with Crippen LogP contribution < -0.4 is 26.3 Å². The third kappa shape index (κ3) is 14.8. The van der Waals surface area contributed by atoms with Crippen molar-refractivity contribution in [2.45, 2.75) is 109 Å². The summed E-state index contributed by atoms with van der Waals surface area (Å²) in [4.78, 5) is 75.9. The molecular weight excluding hydrogens is 1110 g/mol. The van der Waals surface area contributed by atoms with E-state index < -0.39 is 115 Å². The number of fused-ring (bicyclic) bond motifs is 2. The number of pyridine rings is 1. The van der Waals surface area contributed by atoms with Crippen molar-refractivity contribution in [1.29, 1.82) is 0 Å². The van der Waals surface area contributed by atoms with Crippen molar-refractivity contribution in [1.82, 2.24) is 50.9 Å². The first-order chi connectivity index (χ1) is 38.2. The number of methoxy groups -OCH3 is 1. The van der Waals surface area contributed by atoms with Crippen molar-refractivity contribution in [3.05, 3.63) is 101 Å². The lowest BCUT2D eigenvalue weighted by molar-refractivity contribution is -0.239. The summed E-state index contributed by atoms with van der Waals surface area (Å²) in [5, 5.41) is 22.0. The molecule has 0 spiro atoms. The number of hydrazine groups is 1. The summed E-state index contributed by atoms with van der Waals surface area (Å²) in [6, 6.07) is 6.66. The number of carbonyl (C=O) groups is 5. The van der Waals surface area contributed by atoms with Gasteiger partial charge in [-0.2, -0.15) is 40.2 Å². The molecule has 2 aromatic carbocycles. The predicted molar refractivity (Wildman–Crippen MR) is 274 cm³/mol. The number of carbonyl (C=O) groups excluding carboxylic acids is 5. The fourth-order valence-electron chi connectivity index (χ4n) is 9.13. The lowest BCUT2D eigenvalue weighted by Gasteiger charge is -2.42. The Labute approximate surface area is 464 Å². The summed E-state index contributed by atoms with van der Waals surface area (Å²) in [5.41, 5.74) is -4.50. The Morgan fingerprint density at radius 2 is 1.39 bits per heavy atom. The maximum atomic E-state index is 16.1. The number of alkyl carbamates (subject to hydrolysis) is 2. The number of ether oxygens (including phenoxy) is 2. The summed E-state index contributed by atoms with van der Waals surface area (Å²) in [6.45, 7) is -2.07. The van der Waals surface area contributed by atoms with Crippen LogP contribution in [0.2, 0.25) is 0 Å². The average Bonchev–Trinajstić information content (AvgIpc) is 3.28. The van der Waals surface area contributed by atoms with Crippen LogP contribution in [0.1, 0.15) is 69.3 Å². The number of alkyl halides is 8. The number of piperazine rings is 1. The molecule has 2 aliphatic heterocycles. The molecule has 2 bridgehead atoms. The minimum Gasteiger partial charge on any atom is -0.453 e. The Morgan fingerprint density at radius 3 is 1.90 bits per heavy atom. The normalized spacial score (nSPS) is 17.0. The van der Waals surface area contributed by atoms with Crippen LogP contribution in [0.5, 0.6) is 0 Å². The van der Waals surface area contributed by atoms with Gasteiger partial charge in [-0.15, -0.1) is 0 Å². The van der Waals surface area contributed by atoms with E-state index in [2.05, 4.69) is 36.9 Å². The molecule has 2 saturated heterocycles. The fraction of sp³-hybridized carbons (Fsp3) is 0.491. The summed E-state index contributed by atoms with van der Waals surface area (Å²) in [5.74, 6) is 0.498. The van der Waals surface area contributed by atoms with E-state index in [0.717, 1.165) is 39.4 Å². The van der Waals surface area contributed by atoms with Gasteiger partial charge in [-0.05, 0) is 94.5 Å². The Morgan fingerprint density at radius 1 is 0.805 bits per heavy atom. The van der Waals surface area contributed by atoms with Crippen molar-refractivity contribution in [2.75, 3.05) is 52.8 Å². The highest BCUT2D eigenvalue weighted by molar-refractivity contribution is 5.87. The van der Waals surface area contributed by atoms with Gasteiger partial charge in [0.05, 0.1) is 43.0 Å². The third-order valence-corrected chi connectivity index (χ3v) is 14.2. The number of nitrogens with zero attached hydrogens (tertiary/aromatic N) is 7. The number of rotatable bonds is 18. The molecule has 6 rings (SSSR count). The number of aromatic nitrogens is 3. The highest BCUT2D eigenvalue weighted by Gasteiger charge is 2.58. The second-order valence-electron chi connectivity index (χ2n) is 20.9. The Kier molecular flexibility index (Phi) is 19.7. The molecule has 4 aromatic rings. The van der Waals surface area contributed by atoms with Gasteiger partial charge >= 0.3 is 37.1 Å². The smallest absolute Gasteiger partial charge is 0.407 e. The van der Waals surface area contributed by atoms with E-state index in [9.17, 15) is 64.2 Å². The van der Waals surface area contributed by atoms with Gasteiger partial charge in [0.2, 0.25) is 5.91 Å². The van der Waals surface area contributed by atoms with Crippen molar-refractivity contribution >= 4 is 35.8 Å². The Balaban J connectivity index is 1.32. The Hall–Kier alpha value is -7.87. The van der Waals surface area contributed by atoms with Gasteiger partial charge in [0.25, 0.3) is 5.91 Å². The number of anilines is 1. The molecule has 0 unspecified atom stereocenters. The number of aliphatic hydroxyl groups excluding tert-OH is 1. The molecule has 2 aromatic heterocycles. The summed E-state index contributed by atoms with van der Waals surface area (Å²) in [6.07, 6.45) is -13.9. The number of benzene rings is 2. The van der Waals surface area contributed by atoms with Gasteiger partial charge in [-0.3, -0.25) is 15.0 Å². The Bertz CT molecular complexity index is 2970. The van der Waals surface area contributed by atoms with Crippen molar-refractivity contribution in [2.24, 2.45) is 10.8 Å². The lowest BCUT2D eigenvalue weighted by Crippen LogP contribution is -2.62. The number of hydrogen-bond acceptors (Lipinski definition) is 12. The maximum Gasteiger partial charge on any atom is 0.407 e. The van der Waals surface area contributed by atoms with Crippen LogP contribution in [-0.4, -0.2) is 161 Å². The molecule has 6 atom stereocenters. The molecule has 82 heavy (non-hydrogen) atoms. The second-order valence-corrected chi connectivity index (χ2v) is 20.9. The number of halogens is 10. The number of nitrogens with one attached hydrogen (secondary N) is 4. The number of urea groups is 1. The zero-order valence-corrected chi connectivity index (χ0v) is 45.6. The molecule has 0 radical (unpaired) electrons. The molecule has 4 heterocycles. The van der Waals surface area contributed by atoms with Gasteiger partial charge in [0, 0.05) is 82.0 Å². The average molecular weight is 1170 g/mol. The first-order valence-electron chi connectivity index (χ1n) is 25.3. The zero-order chi connectivity index (χ0) is 60.8. The molecule has 0 aliphatic carbocycles. The summed E-state index contributed by atoms with van der Waals surface area (Å²) < 4.78 is 155. The van der Waals surface area contributed by atoms with Crippen molar-refractivity contribution < 1.29 is 82.5 Å². The number of hydrogen-bond donors (Lipinski definition) is 5. The monoisotopic (exact) mass is 1170 g/mol. The van der Waals surface area contributed by atoms with E-state index in [1.807, 2.05) is 27.0 Å². The number of aliphatic hydroxyl groups is 1. The topological polar surface area (TPSA) is 216 Å². The van der Waals surface area contributed by atoms with E-state index in [4.69, 9.17) is 4.74 Å². The second kappa shape index (κ2) is 25.5. The van der Waals surface area contributed by atoms with Crippen LogP contribution >= 0.6 is 0 Å².